The predicted molar refractivity (Wildman–Crippen MR) is 98.5 cm³/mol. The van der Waals surface area contributed by atoms with E-state index in [4.69, 9.17) is 23.2 Å². The van der Waals surface area contributed by atoms with Crippen molar-refractivity contribution >= 4 is 35.0 Å². The molecule has 1 rings (SSSR count). The molecule has 0 bridgehead atoms. The highest BCUT2D eigenvalue weighted by molar-refractivity contribution is 6.35. The molecule has 134 valence electrons. The molecule has 0 heterocycles. The zero-order valence-electron chi connectivity index (χ0n) is 14.1. The summed E-state index contributed by atoms with van der Waals surface area (Å²) in [5.41, 5.74) is 0.971. The SMILES string of the molecule is CC(C)CCNC(=O)CNC(=O)CNCCc1ccc(Cl)cc1Cl. The Morgan fingerprint density at radius 2 is 1.75 bits per heavy atom. The Hall–Kier alpha value is -1.30. The van der Waals surface area contributed by atoms with Gasteiger partial charge in [-0.25, -0.2) is 0 Å². The van der Waals surface area contributed by atoms with Gasteiger partial charge in [0.2, 0.25) is 11.8 Å². The largest absolute Gasteiger partial charge is 0.355 e. The van der Waals surface area contributed by atoms with E-state index in [0.717, 1.165) is 12.0 Å². The molecule has 1 aromatic carbocycles. The van der Waals surface area contributed by atoms with Gasteiger partial charge in [0.25, 0.3) is 0 Å². The van der Waals surface area contributed by atoms with Gasteiger partial charge in [-0.3, -0.25) is 9.59 Å². The molecular formula is C17H25Cl2N3O2. The highest BCUT2D eigenvalue weighted by atomic mass is 35.5. The van der Waals surface area contributed by atoms with Crippen LogP contribution in [-0.4, -0.2) is 38.0 Å². The topological polar surface area (TPSA) is 70.2 Å². The van der Waals surface area contributed by atoms with Gasteiger partial charge >= 0.3 is 0 Å². The molecule has 0 radical (unpaired) electrons. The predicted octanol–water partition coefficient (Wildman–Crippen LogP) is 2.40. The van der Waals surface area contributed by atoms with Crippen LogP contribution in [0.5, 0.6) is 0 Å². The Morgan fingerprint density at radius 1 is 1.04 bits per heavy atom. The number of amides is 2. The smallest absolute Gasteiger partial charge is 0.239 e. The van der Waals surface area contributed by atoms with Crippen molar-refractivity contribution < 1.29 is 9.59 Å². The summed E-state index contributed by atoms with van der Waals surface area (Å²) in [5, 5.41) is 9.59. The molecule has 5 nitrogen and oxygen atoms in total. The number of hydrogen-bond acceptors (Lipinski definition) is 3. The summed E-state index contributed by atoms with van der Waals surface area (Å²) in [4.78, 5) is 23.2. The van der Waals surface area contributed by atoms with Crippen molar-refractivity contribution in [2.75, 3.05) is 26.2 Å². The Bertz CT molecular complexity index is 551. The van der Waals surface area contributed by atoms with Crippen LogP contribution >= 0.6 is 23.2 Å². The lowest BCUT2D eigenvalue weighted by Gasteiger charge is -2.09. The first-order valence-corrected chi connectivity index (χ1v) is 8.82. The van der Waals surface area contributed by atoms with Crippen LogP contribution in [0.15, 0.2) is 18.2 Å². The molecule has 0 unspecified atom stereocenters. The lowest BCUT2D eigenvalue weighted by Crippen LogP contribution is -2.41. The normalized spacial score (nSPS) is 10.7. The van der Waals surface area contributed by atoms with Crippen LogP contribution in [0.2, 0.25) is 10.0 Å². The van der Waals surface area contributed by atoms with Crippen molar-refractivity contribution in [2.24, 2.45) is 5.92 Å². The van der Waals surface area contributed by atoms with E-state index < -0.39 is 0 Å². The average molecular weight is 374 g/mol. The molecule has 2 amide bonds. The second-order valence-corrected chi connectivity index (χ2v) is 6.82. The van der Waals surface area contributed by atoms with Crippen LogP contribution < -0.4 is 16.0 Å². The zero-order chi connectivity index (χ0) is 17.9. The lowest BCUT2D eigenvalue weighted by molar-refractivity contribution is -0.125. The molecule has 0 fully saturated rings. The Balaban J connectivity index is 2.12. The minimum absolute atomic E-state index is 0.00161. The molecular weight excluding hydrogens is 349 g/mol. The minimum Gasteiger partial charge on any atom is -0.355 e. The van der Waals surface area contributed by atoms with Gasteiger partial charge in [0.05, 0.1) is 13.1 Å². The molecule has 24 heavy (non-hydrogen) atoms. The van der Waals surface area contributed by atoms with Gasteiger partial charge in [0, 0.05) is 16.6 Å². The highest BCUT2D eigenvalue weighted by Crippen LogP contribution is 2.20. The summed E-state index contributed by atoms with van der Waals surface area (Å²) in [6, 6.07) is 5.35. The van der Waals surface area contributed by atoms with Crippen molar-refractivity contribution in [3.8, 4) is 0 Å². The van der Waals surface area contributed by atoms with Crippen LogP contribution in [0.3, 0.4) is 0 Å². The third-order valence-corrected chi connectivity index (χ3v) is 3.95. The van der Waals surface area contributed by atoms with Gasteiger partial charge in [0.15, 0.2) is 0 Å². The standard InChI is InChI=1S/C17H25Cl2N3O2/c1-12(2)5-8-21-17(24)11-22-16(23)10-20-7-6-13-3-4-14(18)9-15(13)19/h3-4,9,12,20H,5-8,10-11H2,1-2H3,(H,21,24)(H,22,23). The molecule has 0 aliphatic carbocycles. The number of benzene rings is 1. The summed E-state index contributed by atoms with van der Waals surface area (Å²) in [6.07, 6.45) is 1.62. The summed E-state index contributed by atoms with van der Waals surface area (Å²) in [5.74, 6) is 0.159. The first kappa shape index (κ1) is 20.7. The van der Waals surface area contributed by atoms with E-state index in [9.17, 15) is 9.59 Å². The molecule has 1 aromatic rings. The maximum absolute atomic E-state index is 11.7. The summed E-state index contributed by atoms with van der Waals surface area (Å²) in [7, 11) is 0. The van der Waals surface area contributed by atoms with E-state index in [-0.39, 0.29) is 24.9 Å². The second-order valence-electron chi connectivity index (χ2n) is 5.97. The number of nitrogens with one attached hydrogen (secondary N) is 3. The monoisotopic (exact) mass is 373 g/mol. The highest BCUT2D eigenvalue weighted by Gasteiger charge is 2.06. The third kappa shape index (κ3) is 9.11. The van der Waals surface area contributed by atoms with Gasteiger partial charge in [-0.1, -0.05) is 43.1 Å². The number of halogens is 2. The summed E-state index contributed by atoms with van der Waals surface area (Å²) in [6.45, 7) is 5.58. The molecule has 0 spiro atoms. The molecule has 0 saturated carbocycles. The van der Waals surface area contributed by atoms with Crippen molar-refractivity contribution in [2.45, 2.75) is 26.7 Å². The van der Waals surface area contributed by atoms with Crippen molar-refractivity contribution in [1.82, 2.24) is 16.0 Å². The molecule has 7 heteroatoms. The zero-order valence-corrected chi connectivity index (χ0v) is 15.6. The van der Waals surface area contributed by atoms with E-state index in [1.807, 2.05) is 6.07 Å². The second kappa shape index (κ2) is 11.3. The maximum Gasteiger partial charge on any atom is 0.239 e. The van der Waals surface area contributed by atoms with Gasteiger partial charge < -0.3 is 16.0 Å². The number of carbonyl (C=O) groups excluding carboxylic acids is 2. The molecule has 0 aliphatic heterocycles. The van der Waals surface area contributed by atoms with Crippen LogP contribution in [0.1, 0.15) is 25.8 Å². The van der Waals surface area contributed by atoms with Crippen LogP contribution in [-0.2, 0) is 16.0 Å². The Morgan fingerprint density at radius 3 is 2.42 bits per heavy atom. The van der Waals surface area contributed by atoms with E-state index >= 15 is 0 Å². The first-order valence-electron chi connectivity index (χ1n) is 8.06. The lowest BCUT2D eigenvalue weighted by atomic mass is 10.1. The average Bonchev–Trinajstić information content (AvgIpc) is 2.51. The van der Waals surface area contributed by atoms with E-state index in [1.54, 1.807) is 12.1 Å². The Kier molecular flexibility index (Phi) is 9.76. The maximum atomic E-state index is 11.7. The van der Waals surface area contributed by atoms with Gasteiger partial charge in [-0.2, -0.15) is 0 Å². The third-order valence-electron chi connectivity index (χ3n) is 3.36. The molecule has 0 aromatic heterocycles. The van der Waals surface area contributed by atoms with Gasteiger partial charge in [-0.05, 0) is 43.0 Å². The first-order chi connectivity index (χ1) is 11.4. The number of rotatable bonds is 10. The van der Waals surface area contributed by atoms with E-state index in [2.05, 4.69) is 29.8 Å². The number of carbonyl (C=O) groups is 2. The van der Waals surface area contributed by atoms with Crippen LogP contribution in [0.25, 0.3) is 0 Å². The summed E-state index contributed by atoms with van der Waals surface area (Å²) >= 11 is 11.9. The van der Waals surface area contributed by atoms with Gasteiger partial charge in [-0.15, -0.1) is 0 Å². The van der Waals surface area contributed by atoms with Crippen molar-refractivity contribution in [3.05, 3.63) is 33.8 Å². The molecule has 0 atom stereocenters. The van der Waals surface area contributed by atoms with Crippen molar-refractivity contribution in [1.29, 1.82) is 0 Å². The fourth-order valence-corrected chi connectivity index (χ4v) is 2.46. The Labute approximate surface area is 153 Å². The minimum atomic E-state index is -0.212. The van der Waals surface area contributed by atoms with Crippen LogP contribution in [0, 0.1) is 5.92 Å². The molecule has 0 saturated heterocycles. The number of hydrogen-bond donors (Lipinski definition) is 3. The fourth-order valence-electron chi connectivity index (χ4n) is 1.95. The van der Waals surface area contributed by atoms with E-state index in [1.165, 1.54) is 0 Å². The molecule has 0 aliphatic rings. The van der Waals surface area contributed by atoms with Gasteiger partial charge in [0.1, 0.15) is 0 Å². The van der Waals surface area contributed by atoms with Crippen molar-refractivity contribution in [3.63, 3.8) is 0 Å². The van der Waals surface area contributed by atoms with E-state index in [0.29, 0.717) is 35.5 Å². The van der Waals surface area contributed by atoms with Crippen LogP contribution in [0.4, 0.5) is 0 Å². The summed E-state index contributed by atoms with van der Waals surface area (Å²) < 4.78 is 0. The quantitative estimate of drug-likeness (QED) is 0.551. The fraction of sp³-hybridized carbons (Fsp3) is 0.529. The molecule has 3 N–H and O–H groups in total.